The van der Waals surface area contributed by atoms with E-state index in [-0.39, 0.29) is 12.5 Å². The minimum atomic E-state index is -4.54. The summed E-state index contributed by atoms with van der Waals surface area (Å²) in [6.07, 6.45) is -3.22. The highest BCUT2D eigenvalue weighted by molar-refractivity contribution is 5.89. The van der Waals surface area contributed by atoms with Crippen LogP contribution >= 0.6 is 0 Å². The van der Waals surface area contributed by atoms with Gasteiger partial charge in [0.2, 0.25) is 5.91 Å². The molecule has 40 heavy (non-hydrogen) atoms. The van der Waals surface area contributed by atoms with E-state index in [0.717, 1.165) is 24.3 Å². The molecular weight excluding hydrogens is 536 g/mol. The maximum absolute atomic E-state index is 13.0. The predicted octanol–water partition coefficient (Wildman–Crippen LogP) is 5.95. The second-order valence-electron chi connectivity index (χ2n) is 9.05. The topological polar surface area (TPSA) is 56.7 Å². The first kappa shape index (κ1) is 28.9. The Morgan fingerprint density at radius 3 is 1.82 bits per heavy atom. The van der Waals surface area contributed by atoms with Crippen LogP contribution in [0, 0.1) is 0 Å². The summed E-state index contributed by atoms with van der Waals surface area (Å²) in [7, 11) is 0. The van der Waals surface area contributed by atoms with Crippen LogP contribution in [-0.4, -0.2) is 47.1 Å². The van der Waals surface area contributed by atoms with Crippen LogP contribution in [0.3, 0.4) is 0 Å². The van der Waals surface area contributed by atoms with Crippen LogP contribution in [0.2, 0.25) is 0 Å². The molecule has 11 heteroatoms. The number of anilines is 1. The molecule has 0 bridgehead atoms. The van der Waals surface area contributed by atoms with Crippen molar-refractivity contribution in [2.75, 3.05) is 31.1 Å². The van der Waals surface area contributed by atoms with Crippen molar-refractivity contribution in [3.8, 4) is 0 Å². The number of pyridine rings is 1. The van der Waals surface area contributed by atoms with E-state index in [1.54, 1.807) is 23.2 Å². The average molecular weight is 562 g/mol. The lowest BCUT2D eigenvalue weighted by molar-refractivity contribution is -0.138. The molecule has 210 valence electrons. The summed E-state index contributed by atoms with van der Waals surface area (Å²) in [5, 5.41) is 9.55. The van der Waals surface area contributed by atoms with Crippen molar-refractivity contribution < 1.29 is 36.2 Å². The van der Waals surface area contributed by atoms with Gasteiger partial charge < -0.3 is 14.9 Å². The highest BCUT2D eigenvalue weighted by atomic mass is 19.4. The molecule has 1 aliphatic heterocycles. The minimum Gasteiger partial charge on any atom is -0.392 e. The van der Waals surface area contributed by atoms with Gasteiger partial charge in [-0.1, -0.05) is 42.5 Å². The van der Waals surface area contributed by atoms with Gasteiger partial charge in [-0.3, -0.25) is 4.79 Å². The zero-order chi connectivity index (χ0) is 28.9. The quantitative estimate of drug-likeness (QED) is 0.230. The Kier molecular flexibility index (Phi) is 8.63. The molecule has 0 saturated carbocycles. The van der Waals surface area contributed by atoms with Crippen molar-refractivity contribution in [1.29, 1.82) is 0 Å². The number of aliphatic hydroxyl groups excluding tert-OH is 1. The number of carbonyl (C=O) groups excluding carboxylic acids is 1. The Hall–Kier alpha value is -4.12. The summed E-state index contributed by atoms with van der Waals surface area (Å²) in [4.78, 5) is 20.7. The molecule has 3 aromatic rings. The molecular formula is C29H25F6N3O2. The molecule has 1 N–H and O–H groups in total. The third kappa shape index (κ3) is 6.90. The SMILES string of the molecule is O=C(C=CC=C(c1ccc(C(F)(F)F)cc1)c1ccc(C(F)(F)F)cc1)N1CCN(c2ncccc2CO)CC1. The van der Waals surface area contributed by atoms with Gasteiger partial charge in [-0.05, 0) is 47.0 Å². The molecule has 0 atom stereocenters. The number of amides is 1. The zero-order valence-corrected chi connectivity index (χ0v) is 21.1. The average Bonchev–Trinajstić information content (AvgIpc) is 2.94. The fourth-order valence-corrected chi connectivity index (χ4v) is 4.35. The standard InChI is InChI=1S/C29H25F6N3O2/c30-28(31,32)23-10-6-20(7-11-23)25(21-8-12-24(13-9-21)29(33,34)35)4-1-5-26(40)37-15-17-38(18-16-37)27-22(19-39)3-2-14-36-27/h1-14,39H,15-19H2. The highest BCUT2D eigenvalue weighted by Crippen LogP contribution is 2.33. The molecule has 0 aliphatic carbocycles. The Morgan fingerprint density at radius 1 is 0.825 bits per heavy atom. The summed E-state index contributed by atoms with van der Waals surface area (Å²) in [5.74, 6) is 0.367. The van der Waals surface area contributed by atoms with Gasteiger partial charge in [0.25, 0.3) is 0 Å². The Balaban J connectivity index is 1.52. The third-order valence-corrected chi connectivity index (χ3v) is 6.48. The Morgan fingerprint density at radius 2 is 1.35 bits per heavy atom. The van der Waals surface area contributed by atoms with Crippen molar-refractivity contribution in [3.05, 3.63) is 113 Å². The highest BCUT2D eigenvalue weighted by Gasteiger charge is 2.31. The van der Waals surface area contributed by atoms with Gasteiger partial charge >= 0.3 is 12.4 Å². The van der Waals surface area contributed by atoms with E-state index in [9.17, 15) is 36.2 Å². The van der Waals surface area contributed by atoms with E-state index < -0.39 is 23.5 Å². The lowest BCUT2D eigenvalue weighted by atomic mass is 9.95. The monoisotopic (exact) mass is 561 g/mol. The molecule has 2 aromatic carbocycles. The number of carbonyl (C=O) groups is 1. The Bertz CT molecular complexity index is 1310. The van der Waals surface area contributed by atoms with E-state index >= 15 is 0 Å². The molecule has 1 aliphatic rings. The lowest BCUT2D eigenvalue weighted by Crippen LogP contribution is -2.48. The molecule has 1 saturated heterocycles. The van der Waals surface area contributed by atoms with Gasteiger partial charge in [-0.15, -0.1) is 0 Å². The van der Waals surface area contributed by atoms with Crippen LogP contribution in [-0.2, 0) is 23.8 Å². The van der Waals surface area contributed by atoms with Crippen LogP contribution in [0.1, 0.15) is 27.8 Å². The summed E-state index contributed by atoms with van der Waals surface area (Å²) >= 11 is 0. The number of hydrogen-bond donors (Lipinski definition) is 1. The van der Waals surface area contributed by atoms with Crippen molar-refractivity contribution in [2.45, 2.75) is 19.0 Å². The van der Waals surface area contributed by atoms with Gasteiger partial charge in [0.1, 0.15) is 5.82 Å². The minimum absolute atomic E-state index is 0.155. The number of piperazine rings is 1. The number of benzene rings is 2. The molecule has 1 amide bonds. The van der Waals surface area contributed by atoms with E-state index in [4.69, 9.17) is 0 Å². The second kappa shape index (κ2) is 12.0. The van der Waals surface area contributed by atoms with E-state index in [2.05, 4.69) is 4.98 Å². The van der Waals surface area contributed by atoms with Gasteiger partial charge in [-0.25, -0.2) is 4.98 Å². The molecule has 0 unspecified atom stereocenters. The number of rotatable bonds is 6. The maximum atomic E-state index is 13.0. The van der Waals surface area contributed by atoms with Gasteiger partial charge in [0.05, 0.1) is 17.7 Å². The smallest absolute Gasteiger partial charge is 0.392 e. The third-order valence-electron chi connectivity index (χ3n) is 6.48. The molecule has 5 nitrogen and oxygen atoms in total. The maximum Gasteiger partial charge on any atom is 0.416 e. The van der Waals surface area contributed by atoms with Crippen molar-refractivity contribution in [1.82, 2.24) is 9.88 Å². The summed E-state index contributed by atoms with van der Waals surface area (Å²) < 4.78 is 78.2. The molecule has 1 aromatic heterocycles. The first-order valence-corrected chi connectivity index (χ1v) is 12.3. The van der Waals surface area contributed by atoms with Gasteiger partial charge in [-0.2, -0.15) is 26.3 Å². The second-order valence-corrected chi connectivity index (χ2v) is 9.05. The van der Waals surface area contributed by atoms with Crippen molar-refractivity contribution in [3.63, 3.8) is 0 Å². The Labute approximate surface area is 226 Å². The normalized spacial score (nSPS) is 14.5. The molecule has 0 spiro atoms. The van der Waals surface area contributed by atoms with Crippen LogP contribution in [0.15, 0.2) is 85.1 Å². The van der Waals surface area contributed by atoms with Crippen LogP contribution in [0.25, 0.3) is 5.57 Å². The van der Waals surface area contributed by atoms with Gasteiger partial charge in [0.15, 0.2) is 0 Å². The van der Waals surface area contributed by atoms with Crippen molar-refractivity contribution in [2.24, 2.45) is 0 Å². The van der Waals surface area contributed by atoms with Crippen LogP contribution in [0.5, 0.6) is 0 Å². The number of aliphatic hydroxyl groups is 1. The van der Waals surface area contributed by atoms with Crippen molar-refractivity contribution >= 4 is 17.3 Å². The number of allylic oxidation sites excluding steroid dienone is 2. The van der Waals surface area contributed by atoms with Crippen LogP contribution < -0.4 is 4.90 Å². The number of nitrogens with zero attached hydrogens (tertiary/aromatic N) is 3. The summed E-state index contributed by atoms with van der Waals surface area (Å²) in [6, 6.07) is 12.0. The van der Waals surface area contributed by atoms with E-state index in [1.165, 1.54) is 42.5 Å². The number of hydrogen-bond acceptors (Lipinski definition) is 4. The molecule has 0 radical (unpaired) electrons. The van der Waals surface area contributed by atoms with E-state index in [1.807, 2.05) is 4.90 Å². The lowest BCUT2D eigenvalue weighted by Gasteiger charge is -2.35. The largest absolute Gasteiger partial charge is 0.416 e. The number of halogens is 6. The molecule has 4 rings (SSSR count). The van der Waals surface area contributed by atoms with Crippen LogP contribution in [0.4, 0.5) is 32.2 Å². The fraction of sp³-hybridized carbons (Fsp3) is 0.241. The van der Waals surface area contributed by atoms with E-state index in [0.29, 0.717) is 54.3 Å². The summed E-state index contributed by atoms with van der Waals surface area (Å²) in [5.41, 5.74) is 0.00537. The first-order valence-electron chi connectivity index (χ1n) is 12.3. The molecule has 1 fully saturated rings. The van der Waals surface area contributed by atoms with Gasteiger partial charge in [0, 0.05) is 44.0 Å². The predicted molar refractivity (Wildman–Crippen MR) is 138 cm³/mol. The number of aromatic nitrogens is 1. The zero-order valence-electron chi connectivity index (χ0n) is 21.1. The fourth-order valence-electron chi connectivity index (χ4n) is 4.35. The first-order chi connectivity index (χ1) is 19.0. The summed E-state index contributed by atoms with van der Waals surface area (Å²) in [6.45, 7) is 1.65. The molecule has 2 heterocycles. The number of alkyl halides is 6.